The van der Waals surface area contributed by atoms with Crippen molar-refractivity contribution in [1.82, 2.24) is 20.8 Å². The lowest BCUT2D eigenvalue weighted by atomic mass is 10.0. The fourth-order valence-electron chi connectivity index (χ4n) is 4.56. The van der Waals surface area contributed by atoms with Gasteiger partial charge in [0.2, 0.25) is 11.5 Å². The zero-order valence-corrected chi connectivity index (χ0v) is 24.2. The number of nitrogens with zero attached hydrogens (tertiary/aromatic N) is 3. The molecule has 4 heterocycles. The summed E-state index contributed by atoms with van der Waals surface area (Å²) in [7, 11) is 2.93. The van der Waals surface area contributed by atoms with Crippen LogP contribution >= 0.6 is 0 Å². The zero-order valence-electron chi connectivity index (χ0n) is 24.2. The SMILES string of the molecule is C=c1cc2[nH]ncc3cc(OC)c(OC(=O)NCC)c(o1)c3-2.CCNC(=O)Oc1c(OC)cc2c3c(cc(=O)oc13)N=NC2. The van der Waals surface area contributed by atoms with Gasteiger partial charge in [-0.2, -0.15) is 15.3 Å². The van der Waals surface area contributed by atoms with Gasteiger partial charge in [-0.3, -0.25) is 5.10 Å². The molecule has 0 bridgehead atoms. The highest BCUT2D eigenvalue weighted by atomic mass is 16.6. The molecule has 3 N–H and O–H groups in total. The molecule has 0 radical (unpaired) electrons. The van der Waals surface area contributed by atoms with Crippen LogP contribution < -0.4 is 40.6 Å². The van der Waals surface area contributed by atoms with Crippen LogP contribution in [0.4, 0.5) is 15.3 Å². The largest absolute Gasteiger partial charge is 0.493 e. The number of rotatable bonds is 6. The number of aromatic nitrogens is 2. The van der Waals surface area contributed by atoms with Crippen molar-refractivity contribution in [1.29, 1.82) is 0 Å². The number of H-pyrrole nitrogens is 1. The van der Waals surface area contributed by atoms with Crippen molar-refractivity contribution >= 4 is 46.4 Å². The lowest BCUT2D eigenvalue weighted by molar-refractivity contribution is 0.198. The number of methoxy groups -OCH3 is 2. The molecular weight excluding hydrogens is 576 g/mol. The first-order valence-corrected chi connectivity index (χ1v) is 13.4. The summed E-state index contributed by atoms with van der Waals surface area (Å²) in [6.07, 6.45) is 0.396. The van der Waals surface area contributed by atoms with Crippen LogP contribution in [-0.4, -0.2) is 49.7 Å². The van der Waals surface area contributed by atoms with E-state index in [1.165, 1.54) is 20.3 Å². The van der Waals surface area contributed by atoms with Crippen molar-refractivity contribution in [3.05, 3.63) is 51.9 Å². The number of nitrogens with one attached hydrogen (secondary N) is 3. The Bertz CT molecular complexity index is 1990. The Labute approximate surface area is 248 Å². The minimum absolute atomic E-state index is 0.0447. The standard InChI is InChI=1S/C15H15N3O4.C14H13N3O5/c1-4-16-15(19)22-13-11(20-3)6-9-7-17-18-10-5-8(2)21-14(13)12(9)10;1-3-15-14(19)22-12-9(20-2)4-7-6-16-17-8-5-10(18)21-13(12)11(7)8/h5-7,18H,2,4H2,1,3H3,(H,16,19);4-5H,3,6H2,1-2H3,(H,15,19). The maximum Gasteiger partial charge on any atom is 0.412 e. The smallest absolute Gasteiger partial charge is 0.412 e. The highest BCUT2D eigenvalue weighted by molar-refractivity contribution is 5.99. The Kier molecular flexibility index (Phi) is 8.46. The minimum Gasteiger partial charge on any atom is -0.493 e. The van der Waals surface area contributed by atoms with Crippen LogP contribution in [0.3, 0.4) is 0 Å². The summed E-state index contributed by atoms with van der Waals surface area (Å²) in [5.74, 6) is 0.910. The number of amides is 2. The quantitative estimate of drug-likeness (QED) is 0.231. The fourth-order valence-corrected chi connectivity index (χ4v) is 4.56. The molecule has 2 amide bonds. The van der Waals surface area contributed by atoms with Gasteiger partial charge in [-0.05, 0) is 31.5 Å². The van der Waals surface area contributed by atoms with Gasteiger partial charge in [0.25, 0.3) is 0 Å². The van der Waals surface area contributed by atoms with Crippen LogP contribution in [0.25, 0.3) is 39.8 Å². The van der Waals surface area contributed by atoms with E-state index in [0.29, 0.717) is 47.5 Å². The predicted molar refractivity (Wildman–Crippen MR) is 158 cm³/mol. The highest BCUT2D eigenvalue weighted by Crippen LogP contribution is 2.44. The number of ether oxygens (including phenoxy) is 4. The summed E-state index contributed by atoms with van der Waals surface area (Å²) in [5.41, 5.74) is 2.95. The average molecular weight is 605 g/mol. The third kappa shape index (κ3) is 5.74. The van der Waals surface area contributed by atoms with Gasteiger partial charge in [0, 0.05) is 24.5 Å². The topological polar surface area (TPSA) is 192 Å². The first kappa shape index (κ1) is 29.6. The summed E-state index contributed by atoms with van der Waals surface area (Å²) in [6.45, 7) is 8.54. The lowest BCUT2D eigenvalue weighted by Gasteiger charge is -2.16. The van der Waals surface area contributed by atoms with Crippen LogP contribution in [-0.2, 0) is 6.54 Å². The van der Waals surface area contributed by atoms with E-state index in [2.05, 4.69) is 37.6 Å². The van der Waals surface area contributed by atoms with Gasteiger partial charge in [-0.25, -0.2) is 14.4 Å². The van der Waals surface area contributed by atoms with E-state index in [1.54, 1.807) is 38.2 Å². The maximum atomic E-state index is 11.8. The fraction of sp³-hybridized carbons (Fsp3) is 0.241. The van der Waals surface area contributed by atoms with Crippen molar-refractivity contribution in [2.24, 2.45) is 10.2 Å². The average Bonchev–Trinajstić information content (AvgIpc) is 2.99. The summed E-state index contributed by atoms with van der Waals surface area (Å²) in [5, 5.41) is 21.3. The molecule has 0 unspecified atom stereocenters. The van der Waals surface area contributed by atoms with Gasteiger partial charge < -0.3 is 38.4 Å². The maximum absolute atomic E-state index is 11.8. The second kappa shape index (κ2) is 12.6. The number of azo groups is 1. The van der Waals surface area contributed by atoms with Crippen molar-refractivity contribution in [3.63, 3.8) is 0 Å². The molecule has 228 valence electrons. The molecule has 0 fully saturated rings. The summed E-state index contributed by atoms with van der Waals surface area (Å²) < 4.78 is 32.1. The predicted octanol–water partition coefficient (Wildman–Crippen LogP) is 4.58. The first-order chi connectivity index (χ1) is 21.3. The number of hydrogen-bond acceptors (Lipinski definition) is 12. The van der Waals surface area contributed by atoms with Gasteiger partial charge in [0.1, 0.15) is 11.1 Å². The van der Waals surface area contributed by atoms with E-state index in [9.17, 15) is 14.4 Å². The number of carbonyl (C=O) groups excluding carboxylic acids is 2. The van der Waals surface area contributed by atoms with Gasteiger partial charge in [0.15, 0.2) is 22.7 Å². The normalized spacial score (nSPS) is 11.5. The van der Waals surface area contributed by atoms with Crippen LogP contribution in [0.15, 0.2) is 54.3 Å². The number of hydrogen-bond donors (Lipinski definition) is 3. The molecule has 0 aliphatic carbocycles. The Morgan fingerprint density at radius 2 is 1.61 bits per heavy atom. The Morgan fingerprint density at radius 3 is 2.27 bits per heavy atom. The molecule has 0 atom stereocenters. The highest BCUT2D eigenvalue weighted by Gasteiger charge is 2.25. The number of aromatic amines is 1. The number of carbonyl (C=O) groups is 2. The third-order valence-corrected chi connectivity index (χ3v) is 6.32. The second-order valence-electron chi connectivity index (χ2n) is 9.16. The van der Waals surface area contributed by atoms with E-state index < -0.39 is 17.8 Å². The van der Waals surface area contributed by atoms with Crippen LogP contribution in [0.2, 0.25) is 0 Å². The molecule has 0 spiro atoms. The van der Waals surface area contributed by atoms with Crippen molar-refractivity contribution in [2.45, 2.75) is 20.4 Å². The van der Waals surface area contributed by atoms with Crippen molar-refractivity contribution in [3.8, 4) is 34.3 Å². The van der Waals surface area contributed by atoms with Crippen LogP contribution in [0, 0.1) is 0 Å². The summed E-state index contributed by atoms with van der Waals surface area (Å²) >= 11 is 0. The van der Waals surface area contributed by atoms with Crippen LogP contribution in [0.1, 0.15) is 19.4 Å². The van der Waals surface area contributed by atoms with Gasteiger partial charge in [0.05, 0.1) is 49.7 Å². The zero-order chi connectivity index (χ0) is 31.4. The van der Waals surface area contributed by atoms with Crippen molar-refractivity contribution < 1.29 is 37.4 Å². The van der Waals surface area contributed by atoms with Gasteiger partial charge >= 0.3 is 17.8 Å². The van der Waals surface area contributed by atoms with Gasteiger partial charge in [-0.1, -0.05) is 6.58 Å². The molecule has 0 saturated carbocycles. The Balaban J connectivity index is 0.000000175. The molecule has 15 heteroatoms. The molecule has 44 heavy (non-hydrogen) atoms. The monoisotopic (exact) mass is 604 g/mol. The van der Waals surface area contributed by atoms with E-state index in [4.69, 9.17) is 27.8 Å². The van der Waals surface area contributed by atoms with E-state index >= 15 is 0 Å². The third-order valence-electron chi connectivity index (χ3n) is 6.32. The lowest BCUT2D eigenvalue weighted by Crippen LogP contribution is -2.26. The Hall–Kier alpha value is -5.86. The molecule has 3 aliphatic rings. The molecule has 15 nitrogen and oxygen atoms in total. The molecule has 6 rings (SSSR count). The summed E-state index contributed by atoms with van der Waals surface area (Å²) in [6, 6.07) is 6.41. The molecule has 3 aliphatic heterocycles. The Morgan fingerprint density at radius 1 is 0.955 bits per heavy atom. The number of benzene rings is 2. The molecule has 3 aromatic rings. The minimum atomic E-state index is -0.665. The molecular formula is C29H28N6O9. The molecule has 2 aromatic carbocycles. The second-order valence-corrected chi connectivity index (χ2v) is 9.16. The molecule has 1 aromatic heterocycles. The van der Waals surface area contributed by atoms with E-state index in [-0.39, 0.29) is 22.8 Å². The van der Waals surface area contributed by atoms with E-state index in [1.807, 2.05) is 0 Å². The van der Waals surface area contributed by atoms with E-state index in [0.717, 1.165) is 22.2 Å². The van der Waals surface area contributed by atoms with Crippen LogP contribution in [0.5, 0.6) is 23.0 Å². The molecule has 0 saturated heterocycles. The first-order valence-electron chi connectivity index (χ1n) is 13.4. The summed E-state index contributed by atoms with van der Waals surface area (Å²) in [4.78, 5) is 35.2. The van der Waals surface area contributed by atoms with Gasteiger partial charge in [-0.15, -0.1) is 0 Å². The van der Waals surface area contributed by atoms with Crippen molar-refractivity contribution in [2.75, 3.05) is 27.3 Å².